The van der Waals surface area contributed by atoms with Gasteiger partial charge in [-0.1, -0.05) is 18.2 Å². The summed E-state index contributed by atoms with van der Waals surface area (Å²) in [4.78, 5) is 22.2. The maximum Gasteiger partial charge on any atom is 0.416 e. The molecule has 14 heteroatoms. The number of benzene rings is 2. The van der Waals surface area contributed by atoms with Gasteiger partial charge in [0, 0.05) is 39.8 Å². The molecule has 0 aromatic heterocycles. The van der Waals surface area contributed by atoms with Gasteiger partial charge in [0.15, 0.2) is 0 Å². The lowest BCUT2D eigenvalue weighted by Gasteiger charge is -2.15. The van der Waals surface area contributed by atoms with Gasteiger partial charge >= 0.3 is 12.2 Å². The van der Waals surface area contributed by atoms with Crippen molar-refractivity contribution in [3.05, 3.63) is 63.7 Å². The Morgan fingerprint density at radius 3 is 2.36 bits per heavy atom. The SMILES string of the molecule is CN(C)S(=O)(=O)c1ccccc1CNC(=O)NCCNc1ccc(C(F)(F)F)cc1[N+](=O)[O-]. The number of sulfonamides is 1. The van der Waals surface area contributed by atoms with E-state index in [0.717, 1.165) is 10.4 Å². The average molecular weight is 489 g/mol. The normalized spacial score (nSPS) is 11.8. The summed E-state index contributed by atoms with van der Waals surface area (Å²) in [6.07, 6.45) is -4.71. The summed E-state index contributed by atoms with van der Waals surface area (Å²) >= 11 is 0. The van der Waals surface area contributed by atoms with E-state index in [1.54, 1.807) is 18.2 Å². The van der Waals surface area contributed by atoms with E-state index >= 15 is 0 Å². The molecule has 2 aromatic carbocycles. The van der Waals surface area contributed by atoms with Crippen molar-refractivity contribution >= 4 is 27.4 Å². The first kappa shape index (κ1) is 25.9. The zero-order valence-electron chi connectivity index (χ0n) is 17.6. The number of nitro benzene ring substituents is 1. The van der Waals surface area contributed by atoms with Crippen LogP contribution in [0.25, 0.3) is 0 Å². The van der Waals surface area contributed by atoms with Crippen LogP contribution in [-0.4, -0.2) is 50.9 Å². The van der Waals surface area contributed by atoms with Gasteiger partial charge in [0.25, 0.3) is 5.69 Å². The first-order valence-corrected chi connectivity index (χ1v) is 10.9. The Bertz CT molecular complexity index is 1120. The Balaban J connectivity index is 1.91. The van der Waals surface area contributed by atoms with Crippen LogP contribution >= 0.6 is 0 Å². The lowest BCUT2D eigenvalue weighted by atomic mass is 10.1. The van der Waals surface area contributed by atoms with E-state index < -0.39 is 38.4 Å². The molecule has 0 fully saturated rings. The number of hydrogen-bond donors (Lipinski definition) is 3. The molecule has 3 N–H and O–H groups in total. The van der Waals surface area contributed by atoms with Crippen LogP contribution in [0, 0.1) is 10.1 Å². The molecule has 0 radical (unpaired) electrons. The molecule has 0 aliphatic carbocycles. The molecular formula is C19H22F3N5O5S. The third-order valence-electron chi connectivity index (χ3n) is 4.42. The summed E-state index contributed by atoms with van der Waals surface area (Å²) in [5.41, 5.74) is -1.64. The van der Waals surface area contributed by atoms with Crippen molar-refractivity contribution in [1.82, 2.24) is 14.9 Å². The molecule has 33 heavy (non-hydrogen) atoms. The van der Waals surface area contributed by atoms with Crippen LogP contribution in [0.5, 0.6) is 0 Å². The summed E-state index contributed by atoms with van der Waals surface area (Å²) in [7, 11) is -0.926. The fourth-order valence-corrected chi connectivity index (χ4v) is 3.83. The maximum atomic E-state index is 12.8. The number of nitrogens with zero attached hydrogens (tertiary/aromatic N) is 2. The van der Waals surface area contributed by atoms with Gasteiger partial charge in [-0.15, -0.1) is 0 Å². The second-order valence-electron chi connectivity index (χ2n) is 6.92. The van der Waals surface area contributed by atoms with Crippen molar-refractivity contribution in [3.63, 3.8) is 0 Å². The van der Waals surface area contributed by atoms with Gasteiger partial charge < -0.3 is 16.0 Å². The van der Waals surface area contributed by atoms with Crippen LogP contribution in [0.1, 0.15) is 11.1 Å². The third-order valence-corrected chi connectivity index (χ3v) is 6.33. The topological polar surface area (TPSA) is 134 Å². The van der Waals surface area contributed by atoms with E-state index in [9.17, 15) is 36.5 Å². The Labute approximate surface area is 188 Å². The summed E-state index contributed by atoms with van der Waals surface area (Å²) in [6, 6.07) is 7.64. The molecule has 0 aliphatic heterocycles. The predicted octanol–water partition coefficient (Wildman–Crippen LogP) is 2.78. The van der Waals surface area contributed by atoms with Gasteiger partial charge in [-0.2, -0.15) is 13.2 Å². The number of nitrogens with one attached hydrogen (secondary N) is 3. The minimum atomic E-state index is -4.71. The molecule has 2 amide bonds. The quantitative estimate of drug-likeness (QED) is 0.282. The maximum absolute atomic E-state index is 12.8. The predicted molar refractivity (Wildman–Crippen MR) is 114 cm³/mol. The van der Waals surface area contributed by atoms with E-state index in [-0.39, 0.29) is 30.2 Å². The van der Waals surface area contributed by atoms with E-state index in [2.05, 4.69) is 16.0 Å². The van der Waals surface area contributed by atoms with Gasteiger partial charge in [-0.05, 0) is 23.8 Å². The summed E-state index contributed by atoms with van der Waals surface area (Å²) < 4.78 is 64.1. The first-order chi connectivity index (χ1) is 15.3. The molecule has 0 atom stereocenters. The fraction of sp³-hybridized carbons (Fsp3) is 0.316. The van der Waals surface area contributed by atoms with E-state index in [0.29, 0.717) is 17.7 Å². The van der Waals surface area contributed by atoms with Crippen LogP contribution in [0.3, 0.4) is 0 Å². The molecule has 0 heterocycles. The molecule has 0 aliphatic rings. The molecule has 0 bridgehead atoms. The number of anilines is 1. The zero-order chi connectivity index (χ0) is 24.8. The largest absolute Gasteiger partial charge is 0.416 e. The summed E-state index contributed by atoms with van der Waals surface area (Å²) in [5.74, 6) is 0. The Morgan fingerprint density at radius 1 is 1.09 bits per heavy atom. The number of amides is 2. The number of halogens is 3. The fourth-order valence-electron chi connectivity index (χ4n) is 2.72. The highest BCUT2D eigenvalue weighted by molar-refractivity contribution is 7.89. The van der Waals surface area contributed by atoms with Crippen LogP contribution < -0.4 is 16.0 Å². The van der Waals surface area contributed by atoms with Crippen LogP contribution in [0.2, 0.25) is 0 Å². The minimum Gasteiger partial charge on any atom is -0.378 e. The first-order valence-electron chi connectivity index (χ1n) is 9.45. The number of alkyl halides is 3. The van der Waals surface area contributed by atoms with Crippen LogP contribution in [0.15, 0.2) is 47.4 Å². The highest BCUT2D eigenvalue weighted by Crippen LogP contribution is 2.34. The van der Waals surface area contributed by atoms with Crippen molar-refractivity contribution in [2.24, 2.45) is 0 Å². The van der Waals surface area contributed by atoms with Gasteiger partial charge in [0.1, 0.15) is 5.69 Å². The number of urea groups is 1. The lowest BCUT2D eigenvalue weighted by molar-refractivity contribution is -0.384. The van der Waals surface area contributed by atoms with Crippen molar-refractivity contribution in [2.45, 2.75) is 17.6 Å². The number of hydrogen-bond acceptors (Lipinski definition) is 6. The van der Waals surface area contributed by atoms with E-state index in [1.807, 2.05) is 0 Å². The van der Waals surface area contributed by atoms with E-state index in [1.165, 1.54) is 20.2 Å². The average Bonchev–Trinajstić information content (AvgIpc) is 2.74. The van der Waals surface area contributed by atoms with Crippen molar-refractivity contribution < 1.29 is 31.3 Å². The third kappa shape index (κ3) is 6.79. The van der Waals surface area contributed by atoms with Crippen LogP contribution in [0.4, 0.5) is 29.3 Å². The summed E-state index contributed by atoms with van der Waals surface area (Å²) in [5, 5.41) is 18.7. The lowest BCUT2D eigenvalue weighted by Crippen LogP contribution is -2.38. The van der Waals surface area contributed by atoms with Crippen molar-refractivity contribution in [2.75, 3.05) is 32.5 Å². The number of nitro groups is 1. The molecule has 10 nitrogen and oxygen atoms in total. The van der Waals surface area contributed by atoms with Crippen molar-refractivity contribution in [1.29, 1.82) is 0 Å². The second kappa shape index (κ2) is 10.5. The molecule has 2 rings (SSSR count). The monoisotopic (exact) mass is 489 g/mol. The molecular weight excluding hydrogens is 467 g/mol. The Hall–Kier alpha value is -3.39. The molecule has 0 saturated heterocycles. The standard InChI is InChI=1S/C19H22F3N5O5S/c1-26(2)33(31,32)17-6-4-3-5-13(17)12-25-18(28)24-10-9-23-15-8-7-14(19(20,21)22)11-16(15)27(29)30/h3-8,11,23H,9-10,12H2,1-2H3,(H2,24,25,28). The summed E-state index contributed by atoms with van der Waals surface area (Å²) in [6.45, 7) is -0.0975. The van der Waals surface area contributed by atoms with Gasteiger partial charge in [-0.3, -0.25) is 10.1 Å². The van der Waals surface area contributed by atoms with Gasteiger partial charge in [0.05, 0.1) is 15.4 Å². The highest BCUT2D eigenvalue weighted by atomic mass is 32.2. The molecule has 0 saturated carbocycles. The van der Waals surface area contributed by atoms with Crippen molar-refractivity contribution in [3.8, 4) is 0 Å². The van der Waals surface area contributed by atoms with Gasteiger partial charge in [-0.25, -0.2) is 17.5 Å². The number of carbonyl (C=O) groups is 1. The Kier molecular flexibility index (Phi) is 8.22. The highest BCUT2D eigenvalue weighted by Gasteiger charge is 2.33. The van der Waals surface area contributed by atoms with E-state index in [4.69, 9.17) is 0 Å². The molecule has 0 spiro atoms. The smallest absolute Gasteiger partial charge is 0.378 e. The number of carbonyl (C=O) groups excluding carboxylic acids is 1. The van der Waals surface area contributed by atoms with Gasteiger partial charge in [0.2, 0.25) is 10.0 Å². The zero-order valence-corrected chi connectivity index (χ0v) is 18.5. The Morgan fingerprint density at radius 2 is 1.76 bits per heavy atom. The number of rotatable bonds is 9. The molecule has 2 aromatic rings. The van der Waals surface area contributed by atoms with Crippen LogP contribution in [-0.2, 0) is 22.7 Å². The molecule has 180 valence electrons. The minimum absolute atomic E-state index is 0.00871. The second-order valence-corrected chi connectivity index (χ2v) is 9.04. The molecule has 0 unspecified atom stereocenters.